The summed E-state index contributed by atoms with van der Waals surface area (Å²) in [4.78, 5) is 17.3. The zero-order chi connectivity index (χ0) is 23.3. The van der Waals surface area contributed by atoms with Crippen molar-refractivity contribution >= 4 is 29.3 Å². The lowest BCUT2D eigenvalue weighted by molar-refractivity contribution is -0.130. The summed E-state index contributed by atoms with van der Waals surface area (Å²) in [6.45, 7) is 4.09. The number of benzene rings is 2. The summed E-state index contributed by atoms with van der Waals surface area (Å²) in [7, 11) is 0. The fraction of sp³-hybridized carbons (Fsp3) is 0.240. The van der Waals surface area contributed by atoms with Crippen LogP contribution in [0.15, 0.2) is 82.6 Å². The number of para-hydroxylation sites is 1. The first-order chi connectivity index (χ1) is 16.7. The van der Waals surface area contributed by atoms with E-state index in [1.165, 1.54) is 17.3 Å². The second-order valence-electron chi connectivity index (χ2n) is 8.00. The molecule has 5 rings (SSSR count). The van der Waals surface area contributed by atoms with Gasteiger partial charge in [-0.2, -0.15) is 0 Å². The molecule has 1 amide bonds. The fourth-order valence-electron chi connectivity index (χ4n) is 3.99. The minimum absolute atomic E-state index is 0.0950. The predicted molar refractivity (Wildman–Crippen MR) is 133 cm³/mol. The van der Waals surface area contributed by atoms with E-state index in [2.05, 4.69) is 39.4 Å². The SMILES string of the molecule is O=C(CSc1nnc(-c2ccco2)n1-c1ccccc1Cl)N1CCN(Cc2ccccc2)CC1. The van der Waals surface area contributed by atoms with Crippen LogP contribution in [0, 0.1) is 0 Å². The van der Waals surface area contributed by atoms with Gasteiger partial charge in [-0.25, -0.2) is 0 Å². The van der Waals surface area contributed by atoms with Crippen molar-refractivity contribution in [3.05, 3.63) is 83.6 Å². The largest absolute Gasteiger partial charge is 0.461 e. The van der Waals surface area contributed by atoms with Crippen molar-refractivity contribution in [2.45, 2.75) is 11.7 Å². The number of hydrogen-bond donors (Lipinski definition) is 0. The normalized spacial score (nSPS) is 14.4. The molecule has 0 atom stereocenters. The quantitative estimate of drug-likeness (QED) is 0.350. The molecule has 7 nitrogen and oxygen atoms in total. The summed E-state index contributed by atoms with van der Waals surface area (Å²) in [5.74, 6) is 1.50. The average molecular weight is 494 g/mol. The lowest BCUT2D eigenvalue weighted by Crippen LogP contribution is -2.48. The van der Waals surface area contributed by atoms with Gasteiger partial charge < -0.3 is 9.32 Å². The number of piperazine rings is 1. The molecule has 2 aromatic carbocycles. The third-order valence-corrected chi connectivity index (χ3v) is 7.00. The third kappa shape index (κ3) is 5.04. The van der Waals surface area contributed by atoms with Gasteiger partial charge in [0.15, 0.2) is 10.9 Å². The van der Waals surface area contributed by atoms with E-state index in [-0.39, 0.29) is 11.7 Å². The van der Waals surface area contributed by atoms with Crippen molar-refractivity contribution in [1.29, 1.82) is 0 Å². The fourth-order valence-corrected chi connectivity index (χ4v) is 5.06. The molecule has 3 heterocycles. The Labute approximate surface area is 207 Å². The topological polar surface area (TPSA) is 67.4 Å². The number of hydrogen-bond acceptors (Lipinski definition) is 6. The summed E-state index contributed by atoms with van der Waals surface area (Å²) in [6, 6.07) is 21.5. The first-order valence-corrected chi connectivity index (χ1v) is 12.5. The van der Waals surface area contributed by atoms with E-state index >= 15 is 0 Å². The molecule has 1 aliphatic rings. The zero-order valence-electron chi connectivity index (χ0n) is 18.5. The van der Waals surface area contributed by atoms with Crippen molar-refractivity contribution in [2.75, 3.05) is 31.9 Å². The van der Waals surface area contributed by atoms with E-state index in [1.54, 1.807) is 12.3 Å². The van der Waals surface area contributed by atoms with E-state index in [0.29, 0.717) is 21.8 Å². The number of halogens is 1. The Hall–Kier alpha value is -3.07. The third-order valence-electron chi connectivity index (χ3n) is 5.77. The number of aromatic nitrogens is 3. The number of carbonyl (C=O) groups excluding carboxylic acids is 1. The van der Waals surface area contributed by atoms with Crippen LogP contribution in [-0.4, -0.2) is 62.4 Å². The maximum Gasteiger partial charge on any atom is 0.233 e. The average Bonchev–Trinajstić information content (AvgIpc) is 3.54. The molecule has 0 saturated carbocycles. The van der Waals surface area contributed by atoms with E-state index in [1.807, 2.05) is 45.9 Å². The number of nitrogens with zero attached hydrogens (tertiary/aromatic N) is 5. The molecule has 0 spiro atoms. The lowest BCUT2D eigenvalue weighted by Gasteiger charge is -2.34. The van der Waals surface area contributed by atoms with Gasteiger partial charge in [-0.1, -0.05) is 65.8 Å². The monoisotopic (exact) mass is 493 g/mol. The van der Waals surface area contributed by atoms with Gasteiger partial charge >= 0.3 is 0 Å². The Kier molecular flexibility index (Phi) is 6.99. The van der Waals surface area contributed by atoms with E-state index in [4.69, 9.17) is 16.0 Å². The van der Waals surface area contributed by atoms with Crippen LogP contribution in [0.2, 0.25) is 5.02 Å². The van der Waals surface area contributed by atoms with E-state index in [9.17, 15) is 4.79 Å². The van der Waals surface area contributed by atoms with Crippen molar-refractivity contribution in [3.63, 3.8) is 0 Å². The maximum absolute atomic E-state index is 13.0. The van der Waals surface area contributed by atoms with Crippen LogP contribution in [0.5, 0.6) is 0 Å². The number of thioether (sulfide) groups is 1. The Morgan fingerprint density at radius 2 is 1.71 bits per heavy atom. The highest BCUT2D eigenvalue weighted by molar-refractivity contribution is 7.99. The zero-order valence-corrected chi connectivity index (χ0v) is 20.1. The Balaban J connectivity index is 1.25. The molecule has 0 aliphatic carbocycles. The molecule has 1 fully saturated rings. The number of furan rings is 1. The summed E-state index contributed by atoms with van der Waals surface area (Å²) in [5.41, 5.74) is 2.04. The highest BCUT2D eigenvalue weighted by atomic mass is 35.5. The Bertz CT molecular complexity index is 1240. The van der Waals surface area contributed by atoms with Crippen LogP contribution < -0.4 is 0 Å². The van der Waals surface area contributed by atoms with Crippen molar-refractivity contribution in [3.8, 4) is 17.3 Å². The minimum atomic E-state index is 0.0950. The second-order valence-corrected chi connectivity index (χ2v) is 9.35. The molecule has 1 saturated heterocycles. The number of amides is 1. The molecule has 0 bridgehead atoms. The molecule has 2 aromatic heterocycles. The highest BCUT2D eigenvalue weighted by Gasteiger charge is 2.24. The molecule has 9 heteroatoms. The van der Waals surface area contributed by atoms with Crippen LogP contribution in [0.3, 0.4) is 0 Å². The molecule has 34 heavy (non-hydrogen) atoms. The minimum Gasteiger partial charge on any atom is -0.461 e. The van der Waals surface area contributed by atoms with Gasteiger partial charge in [0.05, 0.1) is 22.7 Å². The van der Waals surface area contributed by atoms with Crippen molar-refractivity contribution in [2.24, 2.45) is 0 Å². The lowest BCUT2D eigenvalue weighted by atomic mass is 10.2. The molecular weight excluding hydrogens is 470 g/mol. The van der Waals surface area contributed by atoms with Gasteiger partial charge in [-0.05, 0) is 29.8 Å². The molecule has 4 aromatic rings. The number of carbonyl (C=O) groups is 1. The van der Waals surface area contributed by atoms with Crippen LogP contribution in [-0.2, 0) is 11.3 Å². The molecular formula is C25H24ClN5O2S. The van der Waals surface area contributed by atoms with Crippen LogP contribution >= 0.6 is 23.4 Å². The molecule has 0 radical (unpaired) electrons. The number of rotatable bonds is 7. The second kappa shape index (κ2) is 10.5. The van der Waals surface area contributed by atoms with Crippen molar-refractivity contribution < 1.29 is 9.21 Å². The standard InChI is InChI=1S/C25H24ClN5O2S/c26-20-9-4-5-10-21(20)31-24(22-11-6-16-33-22)27-28-25(31)34-18-23(32)30-14-12-29(13-15-30)17-19-7-2-1-3-8-19/h1-11,16H,12-15,17-18H2. The van der Waals surface area contributed by atoms with Gasteiger partial charge in [-0.3, -0.25) is 14.3 Å². The van der Waals surface area contributed by atoms with Crippen molar-refractivity contribution in [1.82, 2.24) is 24.6 Å². The van der Waals surface area contributed by atoms with Crippen LogP contribution in [0.4, 0.5) is 0 Å². The Morgan fingerprint density at radius 1 is 0.941 bits per heavy atom. The molecule has 1 aliphatic heterocycles. The maximum atomic E-state index is 13.0. The van der Waals surface area contributed by atoms with Gasteiger partial charge in [0, 0.05) is 32.7 Å². The molecule has 174 valence electrons. The van der Waals surface area contributed by atoms with Gasteiger partial charge in [0.25, 0.3) is 0 Å². The molecule has 0 unspecified atom stereocenters. The van der Waals surface area contributed by atoms with Crippen LogP contribution in [0.1, 0.15) is 5.56 Å². The smallest absolute Gasteiger partial charge is 0.233 e. The highest BCUT2D eigenvalue weighted by Crippen LogP contribution is 2.31. The summed E-state index contributed by atoms with van der Waals surface area (Å²) in [5, 5.41) is 9.83. The van der Waals surface area contributed by atoms with Gasteiger partial charge in [0.2, 0.25) is 11.7 Å². The molecule has 0 N–H and O–H groups in total. The first-order valence-electron chi connectivity index (χ1n) is 11.1. The Morgan fingerprint density at radius 3 is 2.44 bits per heavy atom. The van der Waals surface area contributed by atoms with E-state index < -0.39 is 0 Å². The van der Waals surface area contributed by atoms with Gasteiger partial charge in [0.1, 0.15) is 0 Å². The van der Waals surface area contributed by atoms with E-state index in [0.717, 1.165) is 38.4 Å². The predicted octanol–water partition coefficient (Wildman–Crippen LogP) is 4.62. The van der Waals surface area contributed by atoms with Gasteiger partial charge in [-0.15, -0.1) is 10.2 Å². The van der Waals surface area contributed by atoms with Crippen LogP contribution in [0.25, 0.3) is 17.3 Å². The first kappa shape index (κ1) is 22.7. The summed E-state index contributed by atoms with van der Waals surface area (Å²) < 4.78 is 7.40. The summed E-state index contributed by atoms with van der Waals surface area (Å²) in [6.07, 6.45) is 1.59. The summed E-state index contributed by atoms with van der Waals surface area (Å²) >= 11 is 7.84.